The van der Waals surface area contributed by atoms with Crippen LogP contribution in [0.15, 0.2) is 29.3 Å². The quantitative estimate of drug-likeness (QED) is 0.683. The third-order valence-corrected chi connectivity index (χ3v) is 3.44. The Balaban J connectivity index is 3.02. The lowest BCUT2D eigenvalue weighted by atomic mass is 9.89. The fourth-order valence-electron chi connectivity index (χ4n) is 1.98. The standard InChI is InChI=1S/C16H21F2NO2/c1-4-5-10-16(12(2)20,15(17)18)19-11-13-6-8-14(21-3)9-7-13/h6-9,11,15H,4-5,10H2,1-3H3/b19-11+. The highest BCUT2D eigenvalue weighted by Gasteiger charge is 2.43. The Morgan fingerprint density at radius 1 is 1.38 bits per heavy atom. The van der Waals surface area contributed by atoms with Gasteiger partial charge in [-0.1, -0.05) is 19.8 Å². The highest BCUT2D eigenvalue weighted by molar-refractivity contribution is 5.90. The second-order valence-electron chi connectivity index (χ2n) is 4.92. The normalized spacial score (nSPS) is 14.4. The fourth-order valence-corrected chi connectivity index (χ4v) is 1.98. The van der Waals surface area contributed by atoms with Gasteiger partial charge < -0.3 is 4.74 Å². The summed E-state index contributed by atoms with van der Waals surface area (Å²) < 4.78 is 31.8. The fraction of sp³-hybridized carbons (Fsp3) is 0.500. The molecule has 0 aliphatic carbocycles. The topological polar surface area (TPSA) is 38.7 Å². The number of unbranched alkanes of at least 4 members (excludes halogenated alkanes) is 1. The minimum absolute atomic E-state index is 0.0587. The van der Waals surface area contributed by atoms with Gasteiger partial charge in [0.05, 0.1) is 7.11 Å². The van der Waals surface area contributed by atoms with Gasteiger partial charge in [-0.25, -0.2) is 8.78 Å². The van der Waals surface area contributed by atoms with Crippen LogP contribution in [0.2, 0.25) is 0 Å². The van der Waals surface area contributed by atoms with E-state index in [0.717, 1.165) is 6.42 Å². The molecule has 1 atom stereocenters. The molecule has 5 heteroatoms. The van der Waals surface area contributed by atoms with Crippen molar-refractivity contribution >= 4 is 12.0 Å². The molecule has 0 aromatic heterocycles. The molecular formula is C16H21F2NO2. The summed E-state index contributed by atoms with van der Waals surface area (Å²) in [5, 5.41) is 0. The molecule has 3 nitrogen and oxygen atoms in total. The number of carbonyl (C=O) groups is 1. The summed E-state index contributed by atoms with van der Waals surface area (Å²) in [6.07, 6.45) is -0.147. The highest BCUT2D eigenvalue weighted by Crippen LogP contribution is 2.28. The van der Waals surface area contributed by atoms with Crippen LogP contribution in [0.5, 0.6) is 5.75 Å². The van der Waals surface area contributed by atoms with Crippen LogP contribution in [-0.4, -0.2) is 31.1 Å². The maximum atomic E-state index is 13.4. The Hall–Kier alpha value is -1.78. The minimum Gasteiger partial charge on any atom is -0.497 e. The molecule has 0 aliphatic heterocycles. The van der Waals surface area contributed by atoms with E-state index in [1.54, 1.807) is 31.4 Å². The summed E-state index contributed by atoms with van der Waals surface area (Å²) in [4.78, 5) is 15.7. The Morgan fingerprint density at radius 2 is 2.00 bits per heavy atom. The highest BCUT2D eigenvalue weighted by atomic mass is 19.3. The number of alkyl halides is 2. The van der Waals surface area contributed by atoms with Crippen molar-refractivity contribution in [1.29, 1.82) is 0 Å². The molecule has 1 aromatic rings. The van der Waals surface area contributed by atoms with E-state index in [9.17, 15) is 13.6 Å². The molecule has 1 unspecified atom stereocenters. The second kappa shape index (κ2) is 7.86. The van der Waals surface area contributed by atoms with E-state index in [-0.39, 0.29) is 6.42 Å². The number of carbonyl (C=O) groups excluding carboxylic acids is 1. The van der Waals surface area contributed by atoms with Gasteiger partial charge in [0.1, 0.15) is 5.75 Å². The van der Waals surface area contributed by atoms with Gasteiger partial charge in [0, 0.05) is 6.21 Å². The zero-order chi connectivity index (χ0) is 15.9. The van der Waals surface area contributed by atoms with Crippen LogP contribution in [0.1, 0.15) is 38.7 Å². The van der Waals surface area contributed by atoms with E-state index in [2.05, 4.69) is 4.99 Å². The van der Waals surface area contributed by atoms with E-state index in [4.69, 9.17) is 4.74 Å². The van der Waals surface area contributed by atoms with Gasteiger partial charge in [-0.05, 0) is 43.2 Å². The number of ether oxygens (including phenoxy) is 1. The molecule has 0 bridgehead atoms. The number of hydrogen-bond acceptors (Lipinski definition) is 3. The lowest BCUT2D eigenvalue weighted by Gasteiger charge is -2.26. The number of aliphatic imine (C=N–C) groups is 1. The van der Waals surface area contributed by atoms with Crippen LogP contribution in [-0.2, 0) is 4.79 Å². The van der Waals surface area contributed by atoms with Crippen molar-refractivity contribution in [3.8, 4) is 5.75 Å². The molecule has 0 N–H and O–H groups in total. The van der Waals surface area contributed by atoms with Gasteiger partial charge in [0.2, 0.25) is 0 Å². The molecule has 1 aromatic carbocycles. The van der Waals surface area contributed by atoms with Gasteiger partial charge >= 0.3 is 0 Å². The van der Waals surface area contributed by atoms with E-state index >= 15 is 0 Å². The summed E-state index contributed by atoms with van der Waals surface area (Å²) in [7, 11) is 1.55. The van der Waals surface area contributed by atoms with Gasteiger partial charge in [0.15, 0.2) is 11.3 Å². The molecule has 0 saturated heterocycles. The Bertz CT molecular complexity index is 486. The number of nitrogens with zero attached hydrogens (tertiary/aromatic N) is 1. The summed E-state index contributed by atoms with van der Waals surface area (Å²) in [6.45, 7) is 3.07. The summed E-state index contributed by atoms with van der Waals surface area (Å²) >= 11 is 0. The van der Waals surface area contributed by atoms with Crippen LogP contribution in [0.4, 0.5) is 8.78 Å². The predicted molar refractivity (Wildman–Crippen MR) is 79.5 cm³/mol. The number of methoxy groups -OCH3 is 1. The Labute approximate surface area is 124 Å². The number of benzene rings is 1. The number of hydrogen-bond donors (Lipinski definition) is 0. The first-order chi connectivity index (χ1) is 9.96. The molecule has 1 rings (SSSR count). The molecule has 0 amide bonds. The zero-order valence-electron chi connectivity index (χ0n) is 12.6. The van der Waals surface area contributed by atoms with Gasteiger partial charge in [-0.15, -0.1) is 0 Å². The summed E-state index contributed by atoms with van der Waals surface area (Å²) in [5.74, 6) is 0.0699. The van der Waals surface area contributed by atoms with Crippen molar-refractivity contribution in [3.05, 3.63) is 29.8 Å². The molecule has 116 valence electrons. The van der Waals surface area contributed by atoms with Crippen LogP contribution in [0, 0.1) is 0 Å². The predicted octanol–water partition coefficient (Wildman–Crippen LogP) is 3.90. The molecule has 0 saturated carbocycles. The van der Waals surface area contributed by atoms with Gasteiger partial charge in [-0.2, -0.15) is 0 Å². The molecule has 21 heavy (non-hydrogen) atoms. The molecular weight excluding hydrogens is 276 g/mol. The van der Waals surface area contributed by atoms with Crippen molar-refractivity contribution in [3.63, 3.8) is 0 Å². The molecule has 0 spiro atoms. The Morgan fingerprint density at radius 3 is 2.43 bits per heavy atom. The van der Waals surface area contributed by atoms with E-state index in [0.29, 0.717) is 17.7 Å². The SMILES string of the molecule is CCCCC(/N=C/c1ccc(OC)cc1)(C(C)=O)C(F)F. The first-order valence-corrected chi connectivity index (χ1v) is 6.94. The van der Waals surface area contributed by atoms with E-state index < -0.39 is 17.7 Å². The average Bonchev–Trinajstić information content (AvgIpc) is 2.47. The lowest BCUT2D eigenvalue weighted by Crippen LogP contribution is -2.42. The number of Topliss-reactive ketones (excluding diaryl/α,β-unsaturated/α-hetero) is 1. The third kappa shape index (κ3) is 4.34. The molecule has 0 aliphatic rings. The van der Waals surface area contributed by atoms with Crippen LogP contribution >= 0.6 is 0 Å². The number of rotatable bonds is 8. The summed E-state index contributed by atoms with van der Waals surface area (Å²) in [5.41, 5.74) is -1.28. The average molecular weight is 297 g/mol. The van der Waals surface area contributed by atoms with Gasteiger partial charge in [-0.3, -0.25) is 9.79 Å². The zero-order valence-corrected chi connectivity index (χ0v) is 12.6. The van der Waals surface area contributed by atoms with Crippen molar-refractivity contribution in [2.24, 2.45) is 4.99 Å². The molecule has 0 fully saturated rings. The number of halogens is 2. The molecule has 0 radical (unpaired) electrons. The summed E-state index contributed by atoms with van der Waals surface area (Å²) in [6, 6.07) is 6.84. The maximum absolute atomic E-state index is 13.4. The van der Waals surface area contributed by atoms with E-state index in [1.165, 1.54) is 13.1 Å². The lowest BCUT2D eigenvalue weighted by molar-refractivity contribution is -0.127. The molecule has 0 heterocycles. The third-order valence-electron chi connectivity index (χ3n) is 3.44. The largest absolute Gasteiger partial charge is 0.497 e. The van der Waals surface area contributed by atoms with Crippen molar-refractivity contribution in [2.75, 3.05) is 7.11 Å². The Kier molecular flexibility index (Phi) is 6.46. The van der Waals surface area contributed by atoms with Crippen molar-refractivity contribution in [1.82, 2.24) is 0 Å². The first-order valence-electron chi connectivity index (χ1n) is 6.94. The number of ketones is 1. The van der Waals surface area contributed by atoms with Crippen LogP contribution < -0.4 is 4.74 Å². The first kappa shape index (κ1) is 17.3. The van der Waals surface area contributed by atoms with E-state index in [1.807, 2.05) is 6.92 Å². The minimum atomic E-state index is -2.81. The monoisotopic (exact) mass is 297 g/mol. The second-order valence-corrected chi connectivity index (χ2v) is 4.92. The van der Waals surface area contributed by atoms with Crippen LogP contribution in [0.3, 0.4) is 0 Å². The van der Waals surface area contributed by atoms with Crippen molar-refractivity contribution < 1.29 is 18.3 Å². The van der Waals surface area contributed by atoms with Crippen LogP contribution in [0.25, 0.3) is 0 Å². The maximum Gasteiger partial charge on any atom is 0.270 e. The van der Waals surface area contributed by atoms with Gasteiger partial charge in [0.25, 0.3) is 6.43 Å². The smallest absolute Gasteiger partial charge is 0.270 e. The van der Waals surface area contributed by atoms with Crippen molar-refractivity contribution in [2.45, 2.75) is 45.1 Å².